The number of benzene rings is 2. The number of hydrogen-bond acceptors (Lipinski definition) is 2. The molecule has 3 rings (SSSR count). The van der Waals surface area contributed by atoms with Crippen LogP contribution in [-0.2, 0) is 11.3 Å². The van der Waals surface area contributed by atoms with E-state index < -0.39 is 0 Å². The maximum atomic E-state index is 6.15. The summed E-state index contributed by atoms with van der Waals surface area (Å²) in [5, 5.41) is 3.57. The van der Waals surface area contributed by atoms with Gasteiger partial charge in [0.2, 0.25) is 0 Å². The molecule has 1 aliphatic rings. The highest BCUT2D eigenvalue weighted by Crippen LogP contribution is 2.23. The third-order valence-electron chi connectivity index (χ3n) is 3.71. The molecule has 21 heavy (non-hydrogen) atoms. The Labute approximate surface area is 134 Å². The van der Waals surface area contributed by atoms with Gasteiger partial charge < -0.3 is 10.1 Å². The van der Waals surface area contributed by atoms with Gasteiger partial charge in [-0.1, -0.05) is 58.4 Å². The zero-order chi connectivity index (χ0) is 14.5. The average Bonchev–Trinajstić information content (AvgIpc) is 3.34. The highest BCUT2D eigenvalue weighted by Gasteiger charge is 2.22. The predicted octanol–water partition coefficient (Wildman–Crippen LogP) is 4.46. The Balaban J connectivity index is 1.62. The molecule has 1 atom stereocenters. The van der Waals surface area contributed by atoms with Gasteiger partial charge in [0.15, 0.2) is 0 Å². The molecule has 2 aromatic rings. The van der Waals surface area contributed by atoms with Crippen molar-refractivity contribution in [3.05, 3.63) is 70.2 Å². The molecule has 2 aromatic carbocycles. The van der Waals surface area contributed by atoms with Gasteiger partial charge in [-0.25, -0.2) is 0 Å². The monoisotopic (exact) mass is 345 g/mol. The highest BCUT2D eigenvalue weighted by atomic mass is 79.9. The van der Waals surface area contributed by atoms with Crippen molar-refractivity contribution in [2.45, 2.75) is 31.6 Å². The molecule has 0 saturated heterocycles. The summed E-state index contributed by atoms with van der Waals surface area (Å²) < 4.78 is 7.25. The Morgan fingerprint density at radius 3 is 2.43 bits per heavy atom. The van der Waals surface area contributed by atoms with Crippen LogP contribution in [0.25, 0.3) is 0 Å². The zero-order valence-electron chi connectivity index (χ0n) is 12.0. The van der Waals surface area contributed by atoms with Gasteiger partial charge in [0.25, 0.3) is 0 Å². The van der Waals surface area contributed by atoms with Crippen molar-refractivity contribution in [3.63, 3.8) is 0 Å². The lowest BCUT2D eigenvalue weighted by atomic mass is 10.1. The molecule has 0 aromatic heterocycles. The van der Waals surface area contributed by atoms with Gasteiger partial charge in [0.05, 0.1) is 12.7 Å². The number of nitrogens with one attached hydrogen (secondary N) is 1. The topological polar surface area (TPSA) is 21.3 Å². The molecular weight excluding hydrogens is 326 g/mol. The van der Waals surface area contributed by atoms with Crippen molar-refractivity contribution in [2.75, 3.05) is 6.54 Å². The van der Waals surface area contributed by atoms with Crippen LogP contribution in [0.4, 0.5) is 0 Å². The molecule has 0 bridgehead atoms. The van der Waals surface area contributed by atoms with Gasteiger partial charge in [-0.15, -0.1) is 0 Å². The first-order valence-electron chi connectivity index (χ1n) is 7.45. The summed E-state index contributed by atoms with van der Waals surface area (Å²) in [6, 6.07) is 19.5. The molecule has 1 unspecified atom stereocenters. The Morgan fingerprint density at radius 2 is 1.76 bits per heavy atom. The van der Waals surface area contributed by atoms with E-state index in [1.54, 1.807) is 0 Å². The van der Waals surface area contributed by atoms with Crippen LogP contribution in [0, 0.1) is 0 Å². The van der Waals surface area contributed by atoms with E-state index in [0.29, 0.717) is 12.6 Å². The third kappa shape index (κ3) is 4.67. The molecule has 0 spiro atoms. The van der Waals surface area contributed by atoms with Crippen molar-refractivity contribution >= 4 is 15.9 Å². The Bertz CT molecular complexity index is 551. The summed E-state index contributed by atoms with van der Waals surface area (Å²) in [7, 11) is 0. The molecule has 2 nitrogen and oxygen atoms in total. The lowest BCUT2D eigenvalue weighted by Gasteiger charge is -2.19. The average molecular weight is 346 g/mol. The van der Waals surface area contributed by atoms with Crippen LogP contribution in [-0.4, -0.2) is 12.6 Å². The van der Waals surface area contributed by atoms with Gasteiger partial charge in [-0.05, 0) is 36.1 Å². The van der Waals surface area contributed by atoms with E-state index in [1.165, 1.54) is 24.0 Å². The van der Waals surface area contributed by atoms with E-state index in [1.807, 2.05) is 6.07 Å². The molecule has 0 aliphatic heterocycles. The number of hydrogen-bond donors (Lipinski definition) is 1. The van der Waals surface area contributed by atoms with E-state index in [4.69, 9.17) is 4.74 Å². The first-order chi connectivity index (χ1) is 10.3. The first kappa shape index (κ1) is 14.8. The van der Waals surface area contributed by atoms with Gasteiger partial charge >= 0.3 is 0 Å². The highest BCUT2D eigenvalue weighted by molar-refractivity contribution is 9.10. The Hall–Kier alpha value is -1.16. The van der Waals surface area contributed by atoms with E-state index in [-0.39, 0.29) is 6.10 Å². The second-order valence-corrected chi connectivity index (χ2v) is 6.43. The van der Waals surface area contributed by atoms with E-state index >= 15 is 0 Å². The molecular formula is C18H20BrNO. The molecule has 3 heteroatoms. The summed E-state index contributed by atoms with van der Waals surface area (Å²) in [6.45, 7) is 1.52. The lowest BCUT2D eigenvalue weighted by Crippen LogP contribution is -2.25. The number of rotatable bonds is 7. The SMILES string of the molecule is Brc1ccc(COC(CNC2CC2)c2ccccc2)cc1. The Morgan fingerprint density at radius 1 is 1.05 bits per heavy atom. The van der Waals surface area contributed by atoms with Crippen LogP contribution in [0.5, 0.6) is 0 Å². The van der Waals surface area contributed by atoms with Crippen molar-refractivity contribution in [3.8, 4) is 0 Å². The number of halogens is 1. The van der Waals surface area contributed by atoms with Gasteiger partial charge in [-0.2, -0.15) is 0 Å². The van der Waals surface area contributed by atoms with Gasteiger partial charge in [0.1, 0.15) is 0 Å². The van der Waals surface area contributed by atoms with Crippen LogP contribution in [0.1, 0.15) is 30.1 Å². The summed E-state index contributed by atoms with van der Waals surface area (Å²) in [5.41, 5.74) is 2.44. The van der Waals surface area contributed by atoms with Crippen LogP contribution >= 0.6 is 15.9 Å². The lowest BCUT2D eigenvalue weighted by molar-refractivity contribution is 0.0395. The van der Waals surface area contributed by atoms with Gasteiger partial charge in [0, 0.05) is 17.1 Å². The number of ether oxygens (including phenoxy) is 1. The second-order valence-electron chi connectivity index (χ2n) is 5.52. The third-order valence-corrected chi connectivity index (χ3v) is 4.23. The second kappa shape index (κ2) is 7.21. The minimum atomic E-state index is 0.107. The van der Waals surface area contributed by atoms with E-state index in [0.717, 1.165) is 11.0 Å². The van der Waals surface area contributed by atoms with Crippen LogP contribution in [0.3, 0.4) is 0 Å². The minimum Gasteiger partial charge on any atom is -0.368 e. The van der Waals surface area contributed by atoms with Crippen LogP contribution < -0.4 is 5.32 Å². The normalized spacial score (nSPS) is 15.9. The van der Waals surface area contributed by atoms with Gasteiger partial charge in [-0.3, -0.25) is 0 Å². The molecule has 0 heterocycles. The largest absolute Gasteiger partial charge is 0.368 e. The fraction of sp³-hybridized carbons (Fsp3) is 0.333. The molecule has 0 radical (unpaired) electrons. The van der Waals surface area contributed by atoms with E-state index in [9.17, 15) is 0 Å². The fourth-order valence-corrected chi connectivity index (χ4v) is 2.54. The smallest absolute Gasteiger partial charge is 0.0953 e. The fourth-order valence-electron chi connectivity index (χ4n) is 2.28. The van der Waals surface area contributed by atoms with Crippen molar-refractivity contribution in [1.29, 1.82) is 0 Å². The standard InChI is InChI=1S/C18H20BrNO/c19-16-8-6-14(7-9-16)13-21-18(12-20-17-10-11-17)15-4-2-1-3-5-15/h1-9,17-18,20H,10-13H2. The summed E-state index contributed by atoms with van der Waals surface area (Å²) >= 11 is 3.46. The van der Waals surface area contributed by atoms with Crippen LogP contribution in [0.15, 0.2) is 59.1 Å². The molecule has 1 fully saturated rings. The molecule has 1 saturated carbocycles. The minimum absolute atomic E-state index is 0.107. The van der Waals surface area contributed by atoms with Crippen LogP contribution in [0.2, 0.25) is 0 Å². The molecule has 110 valence electrons. The zero-order valence-corrected chi connectivity index (χ0v) is 13.6. The predicted molar refractivity (Wildman–Crippen MR) is 89.1 cm³/mol. The van der Waals surface area contributed by atoms with Crippen molar-refractivity contribution < 1.29 is 4.74 Å². The van der Waals surface area contributed by atoms with Crippen molar-refractivity contribution in [2.24, 2.45) is 0 Å². The van der Waals surface area contributed by atoms with E-state index in [2.05, 4.69) is 69.8 Å². The first-order valence-corrected chi connectivity index (χ1v) is 8.25. The summed E-state index contributed by atoms with van der Waals surface area (Å²) in [4.78, 5) is 0. The summed E-state index contributed by atoms with van der Waals surface area (Å²) in [6.07, 6.45) is 2.71. The maximum Gasteiger partial charge on any atom is 0.0953 e. The molecule has 1 N–H and O–H groups in total. The molecule has 0 amide bonds. The van der Waals surface area contributed by atoms with Crippen molar-refractivity contribution in [1.82, 2.24) is 5.32 Å². The summed E-state index contributed by atoms with van der Waals surface area (Å²) in [5.74, 6) is 0. The quantitative estimate of drug-likeness (QED) is 0.799. The Kier molecular flexibility index (Phi) is 5.07. The maximum absolute atomic E-state index is 6.15. The molecule has 1 aliphatic carbocycles.